The Kier molecular flexibility index (Phi) is 6.63. The zero-order valence-electron chi connectivity index (χ0n) is 18.6. The summed E-state index contributed by atoms with van der Waals surface area (Å²) < 4.78 is 0. The Morgan fingerprint density at radius 3 is 2.34 bits per heavy atom. The van der Waals surface area contributed by atoms with Crippen LogP contribution in [0.1, 0.15) is 15.9 Å². The van der Waals surface area contributed by atoms with Gasteiger partial charge < -0.3 is 0 Å². The van der Waals surface area contributed by atoms with E-state index in [1.165, 1.54) is 11.8 Å². The molecule has 0 unspecified atom stereocenters. The number of Topliss-reactive ketones (excluding diaryl/α,β-unsaturated/α-hetero) is 1. The molecule has 0 atom stereocenters. The average molecular weight is 491 g/mol. The largest absolute Gasteiger partial charge is 0.293 e. The number of hydrogen-bond acceptors (Lipinski definition) is 4. The van der Waals surface area contributed by atoms with E-state index in [2.05, 4.69) is 24.3 Å². The van der Waals surface area contributed by atoms with E-state index in [0.29, 0.717) is 21.2 Å². The number of fused-ring (bicyclic) bond motifs is 1. The number of carbonyl (C=O) groups excluding carboxylic acids is 1. The number of carbonyl (C=O) groups is 1. The fourth-order valence-electron chi connectivity index (χ4n) is 4.02. The van der Waals surface area contributed by atoms with Crippen LogP contribution < -0.4 is 0 Å². The van der Waals surface area contributed by atoms with Crippen molar-refractivity contribution in [3.63, 3.8) is 0 Å². The van der Waals surface area contributed by atoms with Crippen LogP contribution in [0.5, 0.6) is 0 Å². The first-order chi connectivity index (χ1) is 17.1. The van der Waals surface area contributed by atoms with E-state index in [1.807, 2.05) is 60.7 Å². The van der Waals surface area contributed by atoms with Crippen molar-refractivity contribution in [1.29, 1.82) is 5.26 Å². The summed E-state index contributed by atoms with van der Waals surface area (Å²) in [5.41, 5.74) is 4.52. The Morgan fingerprint density at radius 1 is 0.857 bits per heavy atom. The molecule has 4 aromatic carbocycles. The molecular formula is C30H19ClN2OS. The molecule has 3 nitrogen and oxygen atoms in total. The van der Waals surface area contributed by atoms with Gasteiger partial charge in [0.2, 0.25) is 0 Å². The lowest BCUT2D eigenvalue weighted by Crippen LogP contribution is -2.04. The molecule has 0 radical (unpaired) electrons. The summed E-state index contributed by atoms with van der Waals surface area (Å²) in [4.78, 5) is 17.7. The molecule has 0 aliphatic rings. The molecule has 5 aromatic rings. The van der Waals surface area contributed by atoms with E-state index in [0.717, 1.165) is 33.2 Å². The van der Waals surface area contributed by atoms with Crippen LogP contribution in [0.15, 0.2) is 108 Å². The SMILES string of the molecule is N#Cc1c(-c2cccc3ccccc23)cc(-c2ccccc2)nc1SCC(=O)c1ccc(Cl)cc1. The van der Waals surface area contributed by atoms with Crippen LogP contribution in [-0.2, 0) is 0 Å². The Hall–Kier alpha value is -3.91. The third-order valence-electron chi connectivity index (χ3n) is 5.75. The zero-order chi connectivity index (χ0) is 24.2. The van der Waals surface area contributed by atoms with Gasteiger partial charge in [0.05, 0.1) is 17.0 Å². The molecule has 0 aliphatic carbocycles. The minimum absolute atomic E-state index is 0.0471. The number of ketones is 1. The molecule has 5 heteroatoms. The number of nitrogens with zero attached hydrogens (tertiary/aromatic N) is 2. The molecule has 168 valence electrons. The third-order valence-corrected chi connectivity index (χ3v) is 6.98. The van der Waals surface area contributed by atoms with E-state index >= 15 is 0 Å². The Bertz CT molecular complexity index is 1570. The summed E-state index contributed by atoms with van der Waals surface area (Å²) in [6.07, 6.45) is 0. The third kappa shape index (κ3) is 4.83. The number of pyridine rings is 1. The number of benzene rings is 4. The van der Waals surface area contributed by atoms with E-state index in [1.54, 1.807) is 24.3 Å². The smallest absolute Gasteiger partial charge is 0.173 e. The maximum Gasteiger partial charge on any atom is 0.173 e. The summed E-state index contributed by atoms with van der Waals surface area (Å²) in [6.45, 7) is 0. The summed E-state index contributed by atoms with van der Waals surface area (Å²) in [7, 11) is 0. The minimum Gasteiger partial charge on any atom is -0.293 e. The molecule has 1 aromatic heterocycles. The topological polar surface area (TPSA) is 53.8 Å². The molecule has 0 fully saturated rings. The van der Waals surface area contributed by atoms with Crippen molar-refractivity contribution in [3.8, 4) is 28.5 Å². The predicted molar refractivity (Wildman–Crippen MR) is 144 cm³/mol. The molecule has 1 heterocycles. The van der Waals surface area contributed by atoms with Gasteiger partial charge in [0, 0.05) is 21.7 Å². The van der Waals surface area contributed by atoms with Crippen molar-refractivity contribution in [1.82, 2.24) is 4.98 Å². The molecule has 0 aliphatic heterocycles. The fraction of sp³-hybridized carbons (Fsp3) is 0.0333. The highest BCUT2D eigenvalue weighted by Gasteiger charge is 2.18. The van der Waals surface area contributed by atoms with Crippen LogP contribution in [0.25, 0.3) is 33.2 Å². The Labute approximate surface area is 213 Å². The van der Waals surface area contributed by atoms with Crippen molar-refractivity contribution < 1.29 is 4.79 Å². The van der Waals surface area contributed by atoms with Crippen LogP contribution in [-0.4, -0.2) is 16.5 Å². The van der Waals surface area contributed by atoms with Gasteiger partial charge >= 0.3 is 0 Å². The first-order valence-electron chi connectivity index (χ1n) is 11.0. The molecule has 0 spiro atoms. The van der Waals surface area contributed by atoms with Crippen LogP contribution in [0.4, 0.5) is 0 Å². The van der Waals surface area contributed by atoms with Crippen LogP contribution in [0.2, 0.25) is 5.02 Å². The van der Waals surface area contributed by atoms with Crippen LogP contribution in [0.3, 0.4) is 0 Å². The number of rotatable bonds is 6. The first-order valence-corrected chi connectivity index (χ1v) is 12.4. The molecule has 0 bridgehead atoms. The van der Waals surface area contributed by atoms with E-state index in [9.17, 15) is 10.1 Å². The Balaban J connectivity index is 1.63. The molecule has 0 saturated heterocycles. The van der Waals surface area contributed by atoms with Gasteiger partial charge in [-0.25, -0.2) is 4.98 Å². The van der Waals surface area contributed by atoms with Crippen LogP contribution in [0, 0.1) is 11.3 Å². The maximum atomic E-state index is 12.8. The summed E-state index contributed by atoms with van der Waals surface area (Å²) in [5, 5.41) is 13.5. The van der Waals surface area contributed by atoms with Gasteiger partial charge in [0.25, 0.3) is 0 Å². The van der Waals surface area contributed by atoms with Crippen molar-refractivity contribution in [2.24, 2.45) is 0 Å². The highest BCUT2D eigenvalue weighted by atomic mass is 35.5. The second kappa shape index (κ2) is 10.1. The van der Waals surface area contributed by atoms with Gasteiger partial charge in [-0.3, -0.25) is 4.79 Å². The molecule has 0 amide bonds. The van der Waals surface area contributed by atoms with Crippen molar-refractivity contribution >= 4 is 39.9 Å². The molecule has 5 rings (SSSR count). The highest BCUT2D eigenvalue weighted by molar-refractivity contribution is 8.00. The monoisotopic (exact) mass is 490 g/mol. The first kappa shape index (κ1) is 22.9. The summed E-state index contributed by atoms with van der Waals surface area (Å²) in [5.74, 6) is 0.116. The standard InChI is InChI=1S/C30H19ClN2OS/c31-23-15-13-22(14-16-23)29(34)19-35-30-27(18-32)26(17-28(33-30)21-8-2-1-3-9-21)25-12-6-10-20-7-4-5-11-24(20)25/h1-17H,19H2. The molecule has 0 saturated carbocycles. The van der Waals surface area contributed by atoms with Gasteiger partial charge in [0.15, 0.2) is 5.78 Å². The predicted octanol–water partition coefficient (Wildman–Crippen LogP) is 8.07. The van der Waals surface area contributed by atoms with E-state index in [4.69, 9.17) is 16.6 Å². The van der Waals surface area contributed by atoms with E-state index in [-0.39, 0.29) is 11.5 Å². The maximum absolute atomic E-state index is 12.8. The number of nitriles is 1. The van der Waals surface area contributed by atoms with Gasteiger partial charge in [-0.2, -0.15) is 5.26 Å². The lowest BCUT2D eigenvalue weighted by Gasteiger charge is -2.14. The number of aromatic nitrogens is 1. The summed E-state index contributed by atoms with van der Waals surface area (Å²) in [6, 6.07) is 35.2. The Morgan fingerprint density at radius 2 is 1.57 bits per heavy atom. The van der Waals surface area contributed by atoms with Crippen molar-refractivity contribution in [2.75, 3.05) is 5.75 Å². The lowest BCUT2D eigenvalue weighted by atomic mass is 9.94. The lowest BCUT2D eigenvalue weighted by molar-refractivity contribution is 0.102. The average Bonchev–Trinajstić information content (AvgIpc) is 2.91. The van der Waals surface area contributed by atoms with E-state index < -0.39 is 0 Å². The van der Waals surface area contributed by atoms with Gasteiger partial charge in [0.1, 0.15) is 11.1 Å². The van der Waals surface area contributed by atoms with Crippen LogP contribution >= 0.6 is 23.4 Å². The van der Waals surface area contributed by atoms with Gasteiger partial charge in [-0.1, -0.05) is 96.2 Å². The molecule has 0 N–H and O–H groups in total. The zero-order valence-corrected chi connectivity index (χ0v) is 20.2. The highest BCUT2D eigenvalue weighted by Crippen LogP contribution is 2.37. The van der Waals surface area contributed by atoms with Gasteiger partial charge in [-0.05, 0) is 46.7 Å². The number of halogens is 1. The number of thioether (sulfide) groups is 1. The normalized spacial score (nSPS) is 10.7. The second-order valence-corrected chi connectivity index (χ2v) is 9.36. The molecule has 35 heavy (non-hydrogen) atoms. The molecular weight excluding hydrogens is 472 g/mol. The number of hydrogen-bond donors (Lipinski definition) is 0. The minimum atomic E-state index is -0.0471. The summed E-state index contributed by atoms with van der Waals surface area (Å²) >= 11 is 7.24. The van der Waals surface area contributed by atoms with Crippen molar-refractivity contribution in [3.05, 3.63) is 119 Å². The fourth-order valence-corrected chi connectivity index (χ4v) is 5.04. The second-order valence-electron chi connectivity index (χ2n) is 7.96. The van der Waals surface area contributed by atoms with Gasteiger partial charge in [-0.15, -0.1) is 0 Å². The quantitative estimate of drug-likeness (QED) is 0.178. The van der Waals surface area contributed by atoms with Crippen molar-refractivity contribution in [2.45, 2.75) is 5.03 Å².